The molecule has 1 fully saturated rings. The second-order valence-electron chi connectivity index (χ2n) is 4.53. The molecule has 6 heteroatoms. The van der Waals surface area contributed by atoms with Gasteiger partial charge >= 0.3 is 5.97 Å². The highest BCUT2D eigenvalue weighted by Gasteiger charge is 2.38. The summed E-state index contributed by atoms with van der Waals surface area (Å²) in [6, 6.07) is 1.51. The molecule has 1 N–H and O–H groups in total. The predicted molar refractivity (Wildman–Crippen MR) is 57.4 cm³/mol. The van der Waals surface area contributed by atoms with Crippen molar-refractivity contribution >= 4 is 11.9 Å². The monoisotopic (exact) mass is 238 g/mol. The number of rotatable bonds is 2. The molecular weight excluding hydrogens is 224 g/mol. The fourth-order valence-corrected chi connectivity index (χ4v) is 1.90. The van der Waals surface area contributed by atoms with Crippen molar-refractivity contribution < 1.29 is 19.2 Å². The van der Waals surface area contributed by atoms with Gasteiger partial charge in [0.25, 0.3) is 5.91 Å². The lowest BCUT2D eigenvalue weighted by molar-refractivity contribution is -0.150. The highest BCUT2D eigenvalue weighted by atomic mass is 16.5. The summed E-state index contributed by atoms with van der Waals surface area (Å²) in [4.78, 5) is 24.5. The van der Waals surface area contributed by atoms with Crippen LogP contribution in [0.3, 0.4) is 0 Å². The van der Waals surface area contributed by atoms with E-state index in [9.17, 15) is 9.59 Å². The van der Waals surface area contributed by atoms with Crippen molar-refractivity contribution in [2.45, 2.75) is 19.8 Å². The molecule has 1 amide bonds. The molecule has 17 heavy (non-hydrogen) atoms. The second kappa shape index (κ2) is 4.20. The molecule has 0 radical (unpaired) electrons. The zero-order valence-electron chi connectivity index (χ0n) is 9.55. The largest absolute Gasteiger partial charge is 0.481 e. The quantitative estimate of drug-likeness (QED) is 0.831. The van der Waals surface area contributed by atoms with E-state index in [1.165, 1.54) is 12.3 Å². The Bertz CT molecular complexity index is 419. The first kappa shape index (κ1) is 11.6. The fourth-order valence-electron chi connectivity index (χ4n) is 1.90. The molecule has 92 valence electrons. The van der Waals surface area contributed by atoms with Crippen LogP contribution in [0.2, 0.25) is 0 Å². The minimum absolute atomic E-state index is 0.198. The summed E-state index contributed by atoms with van der Waals surface area (Å²) >= 11 is 0. The smallest absolute Gasteiger partial charge is 0.309 e. The van der Waals surface area contributed by atoms with E-state index >= 15 is 0 Å². The van der Waals surface area contributed by atoms with Gasteiger partial charge in [-0.15, -0.1) is 0 Å². The number of piperidine rings is 1. The van der Waals surface area contributed by atoms with Gasteiger partial charge in [0.15, 0.2) is 0 Å². The number of nitrogens with zero attached hydrogens (tertiary/aromatic N) is 2. The Morgan fingerprint density at radius 2 is 2.12 bits per heavy atom. The van der Waals surface area contributed by atoms with Gasteiger partial charge in [0.05, 0.1) is 11.6 Å². The third kappa shape index (κ3) is 2.15. The van der Waals surface area contributed by atoms with Gasteiger partial charge in [0, 0.05) is 19.2 Å². The number of hydrogen-bond donors (Lipinski definition) is 1. The first-order valence-electron chi connectivity index (χ1n) is 5.46. The average Bonchev–Trinajstić information content (AvgIpc) is 2.82. The van der Waals surface area contributed by atoms with Crippen LogP contribution in [0.4, 0.5) is 0 Å². The van der Waals surface area contributed by atoms with Gasteiger partial charge in [0.1, 0.15) is 0 Å². The molecule has 0 bridgehead atoms. The van der Waals surface area contributed by atoms with Gasteiger partial charge in [-0.05, 0) is 19.8 Å². The normalized spacial score (nSPS) is 19.0. The van der Waals surface area contributed by atoms with E-state index in [1.807, 2.05) is 0 Å². The van der Waals surface area contributed by atoms with Gasteiger partial charge in [-0.1, -0.05) is 5.16 Å². The van der Waals surface area contributed by atoms with Crippen LogP contribution in [0, 0.1) is 5.41 Å². The Kier molecular flexibility index (Phi) is 2.87. The topological polar surface area (TPSA) is 83.6 Å². The molecule has 2 rings (SSSR count). The van der Waals surface area contributed by atoms with Crippen LogP contribution in [0.15, 0.2) is 16.8 Å². The van der Waals surface area contributed by atoms with Gasteiger partial charge in [-0.25, -0.2) is 0 Å². The van der Waals surface area contributed by atoms with Crippen molar-refractivity contribution in [1.29, 1.82) is 0 Å². The molecule has 2 heterocycles. The molecule has 6 nitrogen and oxygen atoms in total. The molecule has 0 aliphatic carbocycles. The van der Waals surface area contributed by atoms with Crippen molar-refractivity contribution in [2.75, 3.05) is 13.1 Å². The van der Waals surface area contributed by atoms with E-state index in [0.29, 0.717) is 25.9 Å². The van der Waals surface area contributed by atoms with Gasteiger partial charge in [-0.3, -0.25) is 9.59 Å². The van der Waals surface area contributed by atoms with Crippen LogP contribution < -0.4 is 0 Å². The Morgan fingerprint density at radius 3 is 2.59 bits per heavy atom. The van der Waals surface area contributed by atoms with E-state index in [0.717, 1.165) is 0 Å². The van der Waals surface area contributed by atoms with Crippen LogP contribution in [-0.2, 0) is 4.79 Å². The molecule has 0 aromatic carbocycles. The number of aromatic nitrogens is 1. The standard InChI is InChI=1S/C11H14N2O4/c1-11(10(15)16)3-6-13(7-4-11)9(14)8-2-5-12-17-8/h2,5H,3-4,6-7H2,1H3,(H,15,16). The van der Waals surface area contributed by atoms with Crippen molar-refractivity contribution in [1.82, 2.24) is 10.1 Å². The molecule has 1 aromatic rings. The minimum Gasteiger partial charge on any atom is -0.481 e. The predicted octanol–water partition coefficient (Wildman–Crippen LogP) is 1.00. The molecular formula is C11H14N2O4. The summed E-state index contributed by atoms with van der Waals surface area (Å²) in [5.74, 6) is -0.830. The lowest BCUT2D eigenvalue weighted by atomic mass is 9.80. The Morgan fingerprint density at radius 1 is 1.47 bits per heavy atom. The van der Waals surface area contributed by atoms with Crippen LogP contribution in [0.5, 0.6) is 0 Å². The molecule has 0 unspecified atom stereocenters. The summed E-state index contributed by atoms with van der Waals surface area (Å²) in [5.41, 5.74) is -0.724. The van der Waals surface area contributed by atoms with E-state index in [2.05, 4.69) is 5.16 Å². The number of amides is 1. The van der Waals surface area contributed by atoms with Crippen molar-refractivity contribution in [3.05, 3.63) is 18.0 Å². The zero-order valence-corrected chi connectivity index (χ0v) is 9.55. The number of carboxylic acid groups (broad SMARTS) is 1. The fraction of sp³-hybridized carbons (Fsp3) is 0.545. The van der Waals surface area contributed by atoms with Crippen LogP contribution in [0.1, 0.15) is 30.3 Å². The third-order valence-electron chi connectivity index (χ3n) is 3.32. The molecule has 1 aliphatic rings. The lowest BCUT2D eigenvalue weighted by Crippen LogP contribution is -2.45. The summed E-state index contributed by atoms with van der Waals surface area (Å²) in [6.45, 7) is 2.58. The van der Waals surface area contributed by atoms with Crippen molar-refractivity contribution in [3.63, 3.8) is 0 Å². The van der Waals surface area contributed by atoms with E-state index < -0.39 is 11.4 Å². The molecule has 1 aliphatic heterocycles. The maximum Gasteiger partial charge on any atom is 0.309 e. The average molecular weight is 238 g/mol. The van der Waals surface area contributed by atoms with Gasteiger partial charge in [0.2, 0.25) is 5.76 Å². The van der Waals surface area contributed by atoms with Crippen molar-refractivity contribution in [3.8, 4) is 0 Å². The summed E-state index contributed by atoms with van der Waals surface area (Å²) in [7, 11) is 0. The zero-order chi connectivity index (χ0) is 12.5. The number of carbonyl (C=O) groups is 2. The number of aliphatic carboxylic acids is 1. The molecule has 0 saturated carbocycles. The lowest BCUT2D eigenvalue weighted by Gasteiger charge is -2.35. The SMILES string of the molecule is CC1(C(=O)O)CCN(C(=O)c2ccno2)CC1. The summed E-state index contributed by atoms with van der Waals surface area (Å²) in [5, 5.41) is 12.6. The molecule has 0 atom stereocenters. The molecule has 1 aromatic heterocycles. The first-order chi connectivity index (χ1) is 8.03. The Balaban J connectivity index is 2.00. The van der Waals surface area contributed by atoms with E-state index in [1.54, 1.807) is 11.8 Å². The summed E-state index contributed by atoms with van der Waals surface area (Å²) in [6.07, 6.45) is 2.34. The van der Waals surface area contributed by atoms with Gasteiger partial charge < -0.3 is 14.5 Å². The number of hydrogen-bond acceptors (Lipinski definition) is 4. The Hall–Kier alpha value is -1.85. The highest BCUT2D eigenvalue weighted by molar-refractivity contribution is 5.91. The maximum atomic E-state index is 11.9. The number of carbonyl (C=O) groups excluding carboxylic acids is 1. The van der Waals surface area contributed by atoms with Crippen LogP contribution in [0.25, 0.3) is 0 Å². The minimum atomic E-state index is -0.802. The molecule has 1 saturated heterocycles. The number of carboxylic acids is 1. The summed E-state index contributed by atoms with van der Waals surface area (Å²) < 4.78 is 4.79. The van der Waals surface area contributed by atoms with Crippen molar-refractivity contribution in [2.24, 2.45) is 5.41 Å². The Labute approximate surface area is 98.2 Å². The first-order valence-corrected chi connectivity index (χ1v) is 5.46. The third-order valence-corrected chi connectivity index (χ3v) is 3.32. The van der Waals surface area contributed by atoms with Crippen LogP contribution in [-0.4, -0.2) is 40.1 Å². The van der Waals surface area contributed by atoms with Crippen LogP contribution >= 0.6 is 0 Å². The second-order valence-corrected chi connectivity index (χ2v) is 4.53. The highest BCUT2D eigenvalue weighted by Crippen LogP contribution is 2.31. The molecule has 0 spiro atoms. The van der Waals surface area contributed by atoms with E-state index in [4.69, 9.17) is 9.63 Å². The maximum absolute atomic E-state index is 11.9. The van der Waals surface area contributed by atoms with Gasteiger partial charge in [-0.2, -0.15) is 0 Å². The van der Waals surface area contributed by atoms with E-state index in [-0.39, 0.29) is 11.7 Å². The number of likely N-dealkylation sites (tertiary alicyclic amines) is 1.